The van der Waals surface area contributed by atoms with Crippen molar-refractivity contribution < 1.29 is 4.48 Å². The number of hydrogen-bond acceptors (Lipinski definition) is 0. The van der Waals surface area contributed by atoms with Gasteiger partial charge >= 0.3 is 0 Å². The van der Waals surface area contributed by atoms with E-state index in [0.29, 0.717) is 0 Å². The molecule has 0 saturated carbocycles. The van der Waals surface area contributed by atoms with Crippen LogP contribution in [0.4, 0.5) is 0 Å². The molecule has 0 unspecified atom stereocenters. The second kappa shape index (κ2) is 6.52. The van der Waals surface area contributed by atoms with Crippen molar-refractivity contribution in [1.82, 2.24) is 0 Å². The Hall–Kier alpha value is -0.0400. The SMILES string of the molecule is CCCCCCC[N+]1(C(C)C)CCCC1. The molecule has 0 aromatic carbocycles. The summed E-state index contributed by atoms with van der Waals surface area (Å²) in [6, 6.07) is 0.846. The Morgan fingerprint density at radius 3 is 2.07 bits per heavy atom. The molecule has 1 aliphatic rings. The fourth-order valence-electron chi connectivity index (χ4n) is 2.99. The lowest BCUT2D eigenvalue weighted by molar-refractivity contribution is -0.937. The average molecular weight is 212 g/mol. The number of unbranched alkanes of at least 4 members (excludes halogenated alkanes) is 4. The fraction of sp³-hybridized carbons (Fsp3) is 1.00. The van der Waals surface area contributed by atoms with Crippen molar-refractivity contribution in [2.45, 2.75) is 71.8 Å². The Bertz CT molecular complexity index is 157. The number of quaternary nitrogens is 1. The molecule has 0 bridgehead atoms. The van der Waals surface area contributed by atoms with Crippen LogP contribution in [-0.2, 0) is 0 Å². The standard InChI is InChI=1S/C14H30N/c1-4-5-6-7-8-11-15(14(2)3)12-9-10-13-15/h14H,4-13H2,1-3H3/q+1. The van der Waals surface area contributed by atoms with Crippen LogP contribution in [0.1, 0.15) is 65.7 Å². The molecule has 0 aliphatic carbocycles. The van der Waals surface area contributed by atoms with Crippen molar-refractivity contribution in [2.75, 3.05) is 19.6 Å². The monoisotopic (exact) mass is 212 g/mol. The number of hydrogen-bond donors (Lipinski definition) is 0. The van der Waals surface area contributed by atoms with Gasteiger partial charge in [-0.2, -0.15) is 0 Å². The van der Waals surface area contributed by atoms with Gasteiger partial charge in [-0.05, 0) is 26.7 Å². The molecule has 1 saturated heterocycles. The first-order chi connectivity index (χ1) is 7.21. The van der Waals surface area contributed by atoms with Crippen LogP contribution >= 0.6 is 0 Å². The maximum absolute atomic E-state index is 2.41. The highest BCUT2D eigenvalue weighted by Gasteiger charge is 2.33. The molecule has 0 spiro atoms. The highest BCUT2D eigenvalue weighted by atomic mass is 15.4. The van der Waals surface area contributed by atoms with Crippen LogP contribution in [0.2, 0.25) is 0 Å². The Labute approximate surface area is 96.4 Å². The fourth-order valence-corrected chi connectivity index (χ4v) is 2.99. The zero-order valence-corrected chi connectivity index (χ0v) is 11.1. The molecule has 1 aliphatic heterocycles. The normalized spacial score (nSPS) is 20.0. The molecule has 1 heterocycles. The topological polar surface area (TPSA) is 0 Å². The summed E-state index contributed by atoms with van der Waals surface area (Å²) in [5.74, 6) is 0. The van der Waals surface area contributed by atoms with Gasteiger partial charge in [-0.15, -0.1) is 0 Å². The summed E-state index contributed by atoms with van der Waals surface area (Å²) in [7, 11) is 0. The highest BCUT2D eigenvalue weighted by Crippen LogP contribution is 2.24. The van der Waals surface area contributed by atoms with Crippen LogP contribution in [0, 0.1) is 0 Å². The van der Waals surface area contributed by atoms with Gasteiger partial charge in [0.1, 0.15) is 0 Å². The van der Waals surface area contributed by atoms with Crippen molar-refractivity contribution in [3.63, 3.8) is 0 Å². The average Bonchev–Trinajstić information content (AvgIpc) is 2.67. The van der Waals surface area contributed by atoms with Gasteiger partial charge in [-0.3, -0.25) is 0 Å². The van der Waals surface area contributed by atoms with E-state index in [1.807, 2.05) is 0 Å². The zero-order chi connectivity index (χ0) is 11.1. The summed E-state index contributed by atoms with van der Waals surface area (Å²) in [5, 5.41) is 0. The lowest BCUT2D eigenvalue weighted by Crippen LogP contribution is -2.51. The first kappa shape index (κ1) is 13.0. The molecule has 1 nitrogen and oxygen atoms in total. The van der Waals surface area contributed by atoms with E-state index in [-0.39, 0.29) is 0 Å². The Morgan fingerprint density at radius 2 is 1.53 bits per heavy atom. The molecule has 0 aromatic rings. The van der Waals surface area contributed by atoms with Crippen molar-refractivity contribution >= 4 is 0 Å². The third-order valence-electron chi connectivity index (χ3n) is 4.26. The molecule has 1 fully saturated rings. The molecule has 1 rings (SSSR count). The molecule has 15 heavy (non-hydrogen) atoms. The summed E-state index contributed by atoms with van der Waals surface area (Å²) in [6.07, 6.45) is 10.1. The van der Waals surface area contributed by atoms with Crippen molar-refractivity contribution in [2.24, 2.45) is 0 Å². The molecular formula is C14H30N+. The van der Waals surface area contributed by atoms with Gasteiger partial charge < -0.3 is 4.48 Å². The van der Waals surface area contributed by atoms with Gasteiger partial charge in [0.15, 0.2) is 0 Å². The Morgan fingerprint density at radius 1 is 0.933 bits per heavy atom. The highest BCUT2D eigenvalue weighted by molar-refractivity contribution is 4.58. The number of rotatable bonds is 7. The van der Waals surface area contributed by atoms with Crippen LogP contribution in [0.25, 0.3) is 0 Å². The van der Waals surface area contributed by atoms with E-state index in [9.17, 15) is 0 Å². The van der Waals surface area contributed by atoms with Gasteiger partial charge in [-0.25, -0.2) is 0 Å². The summed E-state index contributed by atoms with van der Waals surface area (Å²) < 4.78 is 1.42. The van der Waals surface area contributed by atoms with E-state index < -0.39 is 0 Å². The number of nitrogens with zero attached hydrogens (tertiary/aromatic N) is 1. The summed E-state index contributed by atoms with van der Waals surface area (Å²) >= 11 is 0. The predicted molar refractivity (Wildman–Crippen MR) is 68.0 cm³/mol. The van der Waals surface area contributed by atoms with E-state index in [2.05, 4.69) is 20.8 Å². The molecule has 0 amide bonds. The van der Waals surface area contributed by atoms with Gasteiger partial charge in [0.25, 0.3) is 0 Å². The first-order valence-electron chi connectivity index (χ1n) is 7.07. The first-order valence-corrected chi connectivity index (χ1v) is 7.07. The number of likely N-dealkylation sites (tertiary alicyclic amines) is 1. The molecule has 1 heteroatoms. The molecule has 0 radical (unpaired) electrons. The van der Waals surface area contributed by atoms with Crippen LogP contribution in [0.15, 0.2) is 0 Å². The van der Waals surface area contributed by atoms with E-state index in [4.69, 9.17) is 0 Å². The molecule has 0 N–H and O–H groups in total. The van der Waals surface area contributed by atoms with Crippen molar-refractivity contribution in [3.05, 3.63) is 0 Å². The minimum atomic E-state index is 0.846. The molecule has 0 atom stereocenters. The molecular weight excluding hydrogens is 182 g/mol. The maximum atomic E-state index is 2.41. The van der Waals surface area contributed by atoms with Gasteiger partial charge in [0.2, 0.25) is 0 Å². The predicted octanol–water partition coefficient (Wildman–Crippen LogP) is 3.98. The lowest BCUT2D eigenvalue weighted by Gasteiger charge is -2.38. The molecule has 90 valence electrons. The van der Waals surface area contributed by atoms with E-state index in [1.54, 1.807) is 0 Å². The third-order valence-corrected chi connectivity index (χ3v) is 4.26. The minimum absolute atomic E-state index is 0.846. The molecule has 0 aromatic heterocycles. The van der Waals surface area contributed by atoms with Crippen LogP contribution in [-0.4, -0.2) is 30.2 Å². The Kier molecular flexibility index (Phi) is 5.66. The van der Waals surface area contributed by atoms with Crippen molar-refractivity contribution in [1.29, 1.82) is 0 Å². The zero-order valence-electron chi connectivity index (χ0n) is 11.1. The second-order valence-electron chi connectivity index (χ2n) is 5.60. The maximum Gasteiger partial charge on any atom is 0.0833 e. The van der Waals surface area contributed by atoms with Gasteiger partial charge in [0, 0.05) is 12.8 Å². The largest absolute Gasteiger partial charge is 0.322 e. The van der Waals surface area contributed by atoms with E-state index in [0.717, 1.165) is 6.04 Å². The van der Waals surface area contributed by atoms with Crippen molar-refractivity contribution in [3.8, 4) is 0 Å². The summed E-state index contributed by atoms with van der Waals surface area (Å²) in [5.41, 5.74) is 0. The van der Waals surface area contributed by atoms with E-state index >= 15 is 0 Å². The third kappa shape index (κ3) is 3.79. The summed E-state index contributed by atoms with van der Waals surface area (Å²) in [4.78, 5) is 0. The summed E-state index contributed by atoms with van der Waals surface area (Å²) in [6.45, 7) is 11.5. The van der Waals surface area contributed by atoms with Gasteiger partial charge in [-0.1, -0.05) is 26.2 Å². The lowest BCUT2D eigenvalue weighted by atomic mass is 10.1. The second-order valence-corrected chi connectivity index (χ2v) is 5.60. The van der Waals surface area contributed by atoms with Crippen LogP contribution in [0.5, 0.6) is 0 Å². The smallest absolute Gasteiger partial charge is 0.0833 e. The minimum Gasteiger partial charge on any atom is -0.322 e. The van der Waals surface area contributed by atoms with Crippen LogP contribution in [0.3, 0.4) is 0 Å². The quantitative estimate of drug-likeness (QED) is 0.442. The Balaban J connectivity index is 2.21. The van der Waals surface area contributed by atoms with Crippen LogP contribution < -0.4 is 0 Å². The van der Waals surface area contributed by atoms with E-state index in [1.165, 1.54) is 69.1 Å². The van der Waals surface area contributed by atoms with Gasteiger partial charge in [0.05, 0.1) is 25.7 Å².